The molecule has 136 valence electrons. The van der Waals surface area contributed by atoms with Gasteiger partial charge in [-0.1, -0.05) is 48.5 Å². The zero-order chi connectivity index (χ0) is 18.8. The summed E-state index contributed by atoms with van der Waals surface area (Å²) in [6.45, 7) is 0. The Labute approximate surface area is 164 Å². The van der Waals surface area contributed by atoms with E-state index in [0.717, 1.165) is 5.39 Å². The fraction of sp³-hybridized carbons (Fsp3) is 0.154. The molecule has 0 saturated heterocycles. The highest BCUT2D eigenvalue weighted by molar-refractivity contribution is 6.08. The molecule has 0 N–H and O–H groups in total. The normalized spacial score (nSPS) is 13.1. The van der Waals surface area contributed by atoms with Crippen LogP contribution in [-0.4, -0.2) is 9.97 Å². The summed E-state index contributed by atoms with van der Waals surface area (Å²) < 4.78 is 0. The Bertz CT molecular complexity index is 1210. The Balaban J connectivity index is 0.000000145. The Morgan fingerprint density at radius 1 is 0.536 bits per heavy atom. The highest BCUT2D eigenvalue weighted by Gasteiger charge is 2.13. The van der Waals surface area contributed by atoms with Crippen LogP contribution in [0, 0.1) is 0 Å². The molecule has 0 radical (unpaired) electrons. The Morgan fingerprint density at radius 2 is 1.29 bits per heavy atom. The molecule has 5 aromatic rings. The summed E-state index contributed by atoms with van der Waals surface area (Å²) >= 11 is 0. The van der Waals surface area contributed by atoms with Gasteiger partial charge in [0.15, 0.2) is 0 Å². The topological polar surface area (TPSA) is 25.8 Å². The van der Waals surface area contributed by atoms with Gasteiger partial charge >= 0.3 is 0 Å². The molecule has 0 saturated carbocycles. The van der Waals surface area contributed by atoms with Crippen molar-refractivity contribution in [1.82, 2.24) is 9.97 Å². The first-order valence-corrected chi connectivity index (χ1v) is 9.96. The van der Waals surface area contributed by atoms with Gasteiger partial charge in [0.25, 0.3) is 0 Å². The Hall–Kier alpha value is -3.26. The molecule has 2 aromatic heterocycles. The average Bonchev–Trinajstić information content (AvgIpc) is 2.79. The van der Waals surface area contributed by atoms with Crippen LogP contribution in [0.2, 0.25) is 0 Å². The molecule has 0 atom stereocenters. The lowest BCUT2D eigenvalue weighted by Crippen LogP contribution is -2.02. The van der Waals surface area contributed by atoms with Gasteiger partial charge in [0.2, 0.25) is 0 Å². The van der Waals surface area contributed by atoms with Gasteiger partial charge in [-0.15, -0.1) is 0 Å². The van der Waals surface area contributed by atoms with E-state index < -0.39 is 0 Å². The van der Waals surface area contributed by atoms with Gasteiger partial charge in [-0.3, -0.25) is 9.97 Å². The zero-order valence-corrected chi connectivity index (χ0v) is 15.8. The van der Waals surface area contributed by atoms with Gasteiger partial charge in [0.1, 0.15) is 0 Å². The quantitative estimate of drug-likeness (QED) is 0.294. The fourth-order valence-electron chi connectivity index (χ4n) is 4.27. The minimum Gasteiger partial charge on any atom is -0.264 e. The molecule has 28 heavy (non-hydrogen) atoms. The third-order valence-corrected chi connectivity index (χ3v) is 5.70. The lowest BCUT2D eigenvalue weighted by atomic mass is 9.86. The summed E-state index contributed by atoms with van der Waals surface area (Å²) in [5.74, 6) is 0. The Morgan fingerprint density at radius 3 is 2.11 bits per heavy atom. The van der Waals surface area contributed by atoms with Crippen molar-refractivity contribution in [3.8, 4) is 0 Å². The van der Waals surface area contributed by atoms with Gasteiger partial charge < -0.3 is 0 Å². The van der Waals surface area contributed by atoms with Crippen LogP contribution in [0.15, 0.2) is 85.5 Å². The van der Waals surface area contributed by atoms with Crippen LogP contribution >= 0.6 is 0 Å². The smallest absolute Gasteiger partial charge is 0.0361 e. The maximum absolute atomic E-state index is 3.97. The number of fused-ring (bicyclic) bond motifs is 6. The summed E-state index contributed by atoms with van der Waals surface area (Å²) in [6.07, 6.45) is 12.4. The molecule has 0 bridgehead atoms. The summed E-state index contributed by atoms with van der Waals surface area (Å²) in [6, 6.07) is 21.9. The fourth-order valence-corrected chi connectivity index (χ4v) is 4.27. The molecule has 0 amide bonds. The van der Waals surface area contributed by atoms with Gasteiger partial charge in [-0.25, -0.2) is 0 Å². The van der Waals surface area contributed by atoms with Crippen molar-refractivity contribution in [2.24, 2.45) is 0 Å². The predicted octanol–water partition coefficient (Wildman–Crippen LogP) is 6.50. The second kappa shape index (κ2) is 7.40. The second-order valence-corrected chi connectivity index (χ2v) is 7.39. The molecule has 1 aliphatic carbocycles. The highest BCUT2D eigenvalue weighted by atomic mass is 14.6. The molecule has 6 rings (SSSR count). The molecule has 2 nitrogen and oxygen atoms in total. The summed E-state index contributed by atoms with van der Waals surface area (Å²) in [5, 5.41) is 7.92. The van der Waals surface area contributed by atoms with Crippen molar-refractivity contribution < 1.29 is 0 Å². The summed E-state index contributed by atoms with van der Waals surface area (Å²) in [5.41, 5.74) is 3.17. The molecular weight excluding hydrogens is 340 g/mol. The minimum absolute atomic E-state index is 1.09. The van der Waals surface area contributed by atoms with E-state index in [1.807, 2.05) is 24.5 Å². The van der Waals surface area contributed by atoms with Gasteiger partial charge in [0, 0.05) is 30.2 Å². The van der Waals surface area contributed by atoms with E-state index in [1.165, 1.54) is 52.6 Å². The number of pyridine rings is 2. The SMILES string of the molecule is c1cc2ccncc2cn1.c1ccc2c(c1)ccc1c3c(ccc12)CCCC3. The number of benzene rings is 3. The molecule has 0 unspecified atom stereocenters. The number of nitrogens with zero attached hydrogens (tertiary/aromatic N) is 2. The summed E-state index contributed by atoms with van der Waals surface area (Å²) in [7, 11) is 0. The lowest BCUT2D eigenvalue weighted by molar-refractivity contribution is 0.690. The number of rotatable bonds is 0. The lowest BCUT2D eigenvalue weighted by Gasteiger charge is -2.18. The highest BCUT2D eigenvalue weighted by Crippen LogP contribution is 2.33. The second-order valence-electron chi connectivity index (χ2n) is 7.39. The maximum Gasteiger partial charge on any atom is 0.0361 e. The molecule has 3 aromatic carbocycles. The molecule has 0 fully saturated rings. The van der Waals surface area contributed by atoms with E-state index in [2.05, 4.69) is 58.5 Å². The summed E-state index contributed by atoms with van der Waals surface area (Å²) in [4.78, 5) is 7.95. The number of hydrogen-bond donors (Lipinski definition) is 0. The molecule has 0 spiro atoms. The molecular formula is C26H22N2. The van der Waals surface area contributed by atoms with Crippen molar-refractivity contribution in [2.75, 3.05) is 0 Å². The maximum atomic E-state index is 3.97. The van der Waals surface area contributed by atoms with E-state index in [9.17, 15) is 0 Å². The van der Waals surface area contributed by atoms with Crippen molar-refractivity contribution in [2.45, 2.75) is 25.7 Å². The Kier molecular flexibility index (Phi) is 4.46. The van der Waals surface area contributed by atoms with E-state index in [-0.39, 0.29) is 0 Å². The van der Waals surface area contributed by atoms with Gasteiger partial charge in [-0.2, -0.15) is 0 Å². The van der Waals surface area contributed by atoms with Crippen LogP contribution in [0.5, 0.6) is 0 Å². The van der Waals surface area contributed by atoms with E-state index in [4.69, 9.17) is 0 Å². The third-order valence-electron chi connectivity index (χ3n) is 5.70. The number of hydrogen-bond acceptors (Lipinski definition) is 2. The van der Waals surface area contributed by atoms with Crippen molar-refractivity contribution in [3.05, 3.63) is 96.6 Å². The van der Waals surface area contributed by atoms with Crippen LogP contribution < -0.4 is 0 Å². The van der Waals surface area contributed by atoms with Crippen molar-refractivity contribution in [1.29, 1.82) is 0 Å². The van der Waals surface area contributed by atoms with E-state index in [0.29, 0.717) is 0 Å². The average molecular weight is 362 g/mol. The third kappa shape index (κ3) is 3.11. The zero-order valence-electron chi connectivity index (χ0n) is 15.8. The van der Waals surface area contributed by atoms with Gasteiger partial charge in [0.05, 0.1) is 0 Å². The first-order valence-electron chi connectivity index (χ1n) is 9.96. The number of aryl methyl sites for hydroxylation is 2. The monoisotopic (exact) mass is 362 g/mol. The van der Waals surface area contributed by atoms with Crippen LogP contribution in [0.3, 0.4) is 0 Å². The minimum atomic E-state index is 1.09. The first-order chi connectivity index (χ1) is 13.9. The van der Waals surface area contributed by atoms with Crippen molar-refractivity contribution in [3.63, 3.8) is 0 Å². The van der Waals surface area contributed by atoms with Crippen LogP contribution in [-0.2, 0) is 12.8 Å². The molecule has 0 aliphatic heterocycles. The van der Waals surface area contributed by atoms with Crippen LogP contribution in [0.25, 0.3) is 32.3 Å². The van der Waals surface area contributed by atoms with E-state index in [1.54, 1.807) is 23.5 Å². The molecule has 2 heterocycles. The predicted molar refractivity (Wildman–Crippen MR) is 118 cm³/mol. The number of aromatic nitrogens is 2. The van der Waals surface area contributed by atoms with E-state index >= 15 is 0 Å². The van der Waals surface area contributed by atoms with Gasteiger partial charge in [-0.05, 0) is 75.9 Å². The molecule has 2 heteroatoms. The van der Waals surface area contributed by atoms with Crippen molar-refractivity contribution >= 4 is 32.3 Å². The standard InChI is InChI=1S/C18H16.C8H6N2/c1-3-7-15-13(5-1)9-11-18-16-8-4-2-6-14(16)10-12-17(15)18;1-3-9-5-8-6-10-4-2-7(1)8/h1,3,5,7,9-12H,2,4,6,8H2;1-6H. The van der Waals surface area contributed by atoms with Crippen LogP contribution in [0.4, 0.5) is 0 Å². The first kappa shape index (κ1) is 16.9. The van der Waals surface area contributed by atoms with Crippen LogP contribution in [0.1, 0.15) is 24.0 Å². The molecule has 1 aliphatic rings. The largest absolute Gasteiger partial charge is 0.264 e.